The van der Waals surface area contributed by atoms with Crippen molar-refractivity contribution < 1.29 is 23.9 Å². The number of Topliss-reactive ketones (excluding diaryl/α,β-unsaturated/α-hetero) is 1. The van der Waals surface area contributed by atoms with Gasteiger partial charge in [0, 0.05) is 6.42 Å². The van der Waals surface area contributed by atoms with Gasteiger partial charge in [0.15, 0.2) is 5.92 Å². The maximum Gasteiger partial charge on any atom is 0.320 e. The van der Waals surface area contributed by atoms with Gasteiger partial charge in [-0.25, -0.2) is 0 Å². The third-order valence-corrected chi connectivity index (χ3v) is 1.99. The molecule has 0 aliphatic rings. The molecule has 0 aliphatic heterocycles. The van der Waals surface area contributed by atoms with E-state index in [0.29, 0.717) is 12.8 Å². The number of rotatable bonds is 6. The molecule has 0 radical (unpaired) electrons. The van der Waals surface area contributed by atoms with E-state index in [1.165, 1.54) is 21.1 Å². The number of methoxy groups -OCH3 is 2. The Morgan fingerprint density at radius 1 is 1.07 bits per heavy atom. The summed E-state index contributed by atoms with van der Waals surface area (Å²) in [5.41, 5.74) is 0. The highest BCUT2D eigenvalue weighted by Gasteiger charge is 2.27. The lowest BCUT2D eigenvalue weighted by Crippen LogP contribution is -2.26. The van der Waals surface area contributed by atoms with Crippen LogP contribution in [0.25, 0.3) is 0 Å². The quantitative estimate of drug-likeness (QED) is 0.483. The van der Waals surface area contributed by atoms with E-state index in [9.17, 15) is 14.4 Å². The van der Waals surface area contributed by atoms with Crippen LogP contribution >= 0.6 is 0 Å². The van der Waals surface area contributed by atoms with E-state index >= 15 is 0 Å². The van der Waals surface area contributed by atoms with Crippen molar-refractivity contribution in [2.75, 3.05) is 14.2 Å². The lowest BCUT2D eigenvalue weighted by molar-refractivity contribution is -0.159. The third kappa shape index (κ3) is 5.15. The Labute approximate surface area is 88.7 Å². The van der Waals surface area contributed by atoms with Crippen molar-refractivity contribution in [1.29, 1.82) is 0 Å². The van der Waals surface area contributed by atoms with Crippen LogP contribution in [0.3, 0.4) is 0 Å². The Bertz CT molecular complexity index is 230. The van der Waals surface area contributed by atoms with Gasteiger partial charge in [-0.05, 0) is 19.8 Å². The fraction of sp³-hybridized carbons (Fsp3) is 0.700. The highest BCUT2D eigenvalue weighted by Crippen LogP contribution is 2.12. The first kappa shape index (κ1) is 13.6. The summed E-state index contributed by atoms with van der Waals surface area (Å²) in [7, 11) is 2.42. The molecule has 0 amide bonds. The van der Waals surface area contributed by atoms with E-state index < -0.39 is 17.9 Å². The topological polar surface area (TPSA) is 69.7 Å². The molecule has 0 bridgehead atoms. The highest BCUT2D eigenvalue weighted by molar-refractivity contribution is 5.94. The Morgan fingerprint density at radius 3 is 1.87 bits per heavy atom. The summed E-state index contributed by atoms with van der Waals surface area (Å²) in [6.07, 6.45) is 1.10. The van der Waals surface area contributed by atoms with Crippen LogP contribution in [0.2, 0.25) is 0 Å². The molecule has 0 atom stereocenters. The van der Waals surface area contributed by atoms with Crippen LogP contribution in [0.5, 0.6) is 0 Å². The summed E-state index contributed by atoms with van der Waals surface area (Å²) >= 11 is 0. The molecular formula is C10H16O5. The maximum absolute atomic E-state index is 11.2. The molecule has 5 heteroatoms. The van der Waals surface area contributed by atoms with E-state index in [1.54, 1.807) is 0 Å². The van der Waals surface area contributed by atoms with E-state index in [4.69, 9.17) is 0 Å². The van der Waals surface area contributed by atoms with Crippen LogP contribution < -0.4 is 0 Å². The molecule has 0 aromatic heterocycles. The van der Waals surface area contributed by atoms with Crippen molar-refractivity contribution in [1.82, 2.24) is 0 Å². The lowest BCUT2D eigenvalue weighted by atomic mass is 10.0. The molecule has 0 fully saturated rings. The molecule has 86 valence electrons. The average Bonchev–Trinajstić information content (AvgIpc) is 2.22. The fourth-order valence-corrected chi connectivity index (χ4v) is 1.17. The van der Waals surface area contributed by atoms with Crippen LogP contribution in [0.1, 0.15) is 26.2 Å². The Balaban J connectivity index is 4.19. The second kappa shape index (κ2) is 6.98. The normalized spacial score (nSPS) is 9.87. The summed E-state index contributed by atoms with van der Waals surface area (Å²) in [6.45, 7) is 1.46. The Kier molecular flexibility index (Phi) is 6.33. The van der Waals surface area contributed by atoms with Gasteiger partial charge in [0.2, 0.25) is 0 Å². The van der Waals surface area contributed by atoms with Crippen LogP contribution in [0.15, 0.2) is 0 Å². The largest absolute Gasteiger partial charge is 0.468 e. The molecule has 0 saturated carbocycles. The van der Waals surface area contributed by atoms with Crippen molar-refractivity contribution in [2.45, 2.75) is 26.2 Å². The zero-order valence-electron chi connectivity index (χ0n) is 9.24. The predicted octanol–water partition coefficient (Wildman–Crippen LogP) is 0.708. The van der Waals surface area contributed by atoms with Gasteiger partial charge in [0.1, 0.15) is 5.78 Å². The first-order chi connectivity index (χ1) is 7.02. The lowest BCUT2D eigenvalue weighted by Gasteiger charge is -2.11. The molecule has 0 aromatic rings. The number of hydrogen-bond donors (Lipinski definition) is 0. The minimum atomic E-state index is -0.917. The van der Waals surface area contributed by atoms with Gasteiger partial charge in [-0.1, -0.05) is 0 Å². The van der Waals surface area contributed by atoms with Gasteiger partial charge in [0.25, 0.3) is 0 Å². The number of carbonyl (C=O) groups is 3. The molecule has 0 N–H and O–H groups in total. The Morgan fingerprint density at radius 2 is 1.53 bits per heavy atom. The summed E-state index contributed by atoms with van der Waals surface area (Å²) in [4.78, 5) is 33.0. The van der Waals surface area contributed by atoms with Crippen molar-refractivity contribution >= 4 is 17.7 Å². The summed E-state index contributed by atoms with van der Waals surface area (Å²) < 4.78 is 8.94. The van der Waals surface area contributed by atoms with Crippen LogP contribution in [0.4, 0.5) is 0 Å². The smallest absolute Gasteiger partial charge is 0.320 e. The van der Waals surface area contributed by atoms with E-state index in [2.05, 4.69) is 9.47 Å². The van der Waals surface area contributed by atoms with Gasteiger partial charge in [-0.2, -0.15) is 0 Å². The molecule has 0 rings (SSSR count). The van der Waals surface area contributed by atoms with Crippen LogP contribution in [-0.4, -0.2) is 31.9 Å². The van der Waals surface area contributed by atoms with Gasteiger partial charge in [0.05, 0.1) is 14.2 Å². The average molecular weight is 216 g/mol. The number of esters is 2. The minimum Gasteiger partial charge on any atom is -0.468 e. The molecular weight excluding hydrogens is 200 g/mol. The van der Waals surface area contributed by atoms with Crippen molar-refractivity contribution in [3.63, 3.8) is 0 Å². The number of carbonyl (C=O) groups excluding carboxylic acids is 3. The second-order valence-electron chi connectivity index (χ2n) is 3.19. The molecule has 0 saturated heterocycles. The number of hydrogen-bond acceptors (Lipinski definition) is 5. The van der Waals surface area contributed by atoms with Gasteiger partial charge < -0.3 is 14.3 Å². The summed E-state index contributed by atoms with van der Waals surface area (Å²) in [5.74, 6) is -2.13. The highest BCUT2D eigenvalue weighted by atomic mass is 16.5. The molecule has 0 aliphatic carbocycles. The predicted molar refractivity (Wildman–Crippen MR) is 52.1 cm³/mol. The molecule has 0 heterocycles. The monoisotopic (exact) mass is 216 g/mol. The van der Waals surface area contributed by atoms with Gasteiger partial charge in [-0.3, -0.25) is 9.59 Å². The molecule has 0 unspecified atom stereocenters. The van der Waals surface area contributed by atoms with Crippen LogP contribution in [0, 0.1) is 5.92 Å². The zero-order chi connectivity index (χ0) is 11.8. The molecule has 0 spiro atoms. The zero-order valence-corrected chi connectivity index (χ0v) is 9.24. The summed E-state index contributed by atoms with van der Waals surface area (Å²) in [5, 5.41) is 0. The van der Waals surface area contributed by atoms with E-state index in [-0.39, 0.29) is 12.2 Å². The van der Waals surface area contributed by atoms with Crippen molar-refractivity contribution in [3.05, 3.63) is 0 Å². The van der Waals surface area contributed by atoms with Gasteiger partial charge >= 0.3 is 11.9 Å². The molecule has 5 nitrogen and oxygen atoms in total. The first-order valence-corrected chi connectivity index (χ1v) is 4.68. The Hall–Kier alpha value is -1.39. The van der Waals surface area contributed by atoms with Crippen molar-refractivity contribution in [3.8, 4) is 0 Å². The third-order valence-electron chi connectivity index (χ3n) is 1.99. The second-order valence-corrected chi connectivity index (χ2v) is 3.19. The SMILES string of the molecule is COC(=O)C(CCCC(C)=O)C(=O)OC. The molecule has 15 heavy (non-hydrogen) atoms. The minimum absolute atomic E-state index is 0.0310. The van der Waals surface area contributed by atoms with Crippen molar-refractivity contribution in [2.24, 2.45) is 5.92 Å². The van der Waals surface area contributed by atoms with Gasteiger partial charge in [-0.15, -0.1) is 0 Å². The molecule has 0 aromatic carbocycles. The number of ketones is 1. The van der Waals surface area contributed by atoms with E-state index in [1.807, 2.05) is 0 Å². The number of ether oxygens (including phenoxy) is 2. The summed E-state index contributed by atoms with van der Waals surface area (Å²) in [6, 6.07) is 0. The van der Waals surface area contributed by atoms with Crippen LogP contribution in [-0.2, 0) is 23.9 Å². The first-order valence-electron chi connectivity index (χ1n) is 4.68. The fourth-order valence-electron chi connectivity index (χ4n) is 1.17. The standard InChI is InChI=1S/C10H16O5/c1-7(11)5-4-6-8(9(12)14-2)10(13)15-3/h8H,4-6H2,1-3H3. The maximum atomic E-state index is 11.2. The van der Waals surface area contributed by atoms with E-state index in [0.717, 1.165) is 0 Å².